The molecule has 1 amide bonds. The Morgan fingerprint density at radius 3 is 2.68 bits per heavy atom. The van der Waals surface area contributed by atoms with E-state index in [9.17, 15) is 4.79 Å². The van der Waals surface area contributed by atoms with Crippen LogP contribution in [0.25, 0.3) is 0 Å². The molecule has 2 atom stereocenters. The summed E-state index contributed by atoms with van der Waals surface area (Å²) in [6.45, 7) is 9.53. The second kappa shape index (κ2) is 4.92. The molecule has 1 aliphatic rings. The van der Waals surface area contributed by atoms with E-state index in [-0.39, 0.29) is 23.2 Å². The summed E-state index contributed by atoms with van der Waals surface area (Å²) >= 11 is 0. The number of carbonyl (C=O) groups excluding carboxylic acids is 1. The van der Waals surface area contributed by atoms with Crippen molar-refractivity contribution in [1.29, 1.82) is 0 Å². The van der Waals surface area contributed by atoms with Gasteiger partial charge in [0.15, 0.2) is 0 Å². The molecule has 2 rings (SSSR count). The number of hydrogen-bond donors (Lipinski definition) is 2. The summed E-state index contributed by atoms with van der Waals surface area (Å²) in [5.41, 5.74) is 5.83. The normalized spacial score (nSPS) is 24.6. The highest BCUT2D eigenvalue weighted by Gasteiger charge is 2.29. The molecule has 0 spiro atoms. The second-order valence-electron chi connectivity index (χ2n) is 6.44. The fourth-order valence-electron chi connectivity index (χ4n) is 2.18. The van der Waals surface area contributed by atoms with Gasteiger partial charge in [0, 0.05) is 24.5 Å². The average molecular weight is 265 g/mol. The van der Waals surface area contributed by atoms with Crippen LogP contribution >= 0.6 is 0 Å². The van der Waals surface area contributed by atoms with E-state index in [0.717, 1.165) is 12.2 Å². The zero-order chi connectivity index (χ0) is 14.2. The van der Waals surface area contributed by atoms with Crippen LogP contribution in [0.3, 0.4) is 0 Å². The maximum Gasteiger partial charge on any atom is 0.293 e. The maximum absolute atomic E-state index is 12.3. The standard InChI is InChI=1S/C13H23N5O/c1-8-7-18(6-5-9(8)14)11(19)10-15-12(17-16-10)13(2,3)4/h8-9H,5-7,14H2,1-4H3,(H,15,16,17). The minimum atomic E-state index is -0.136. The molecular weight excluding hydrogens is 242 g/mol. The first kappa shape index (κ1) is 14.0. The van der Waals surface area contributed by atoms with Crippen molar-refractivity contribution in [2.75, 3.05) is 13.1 Å². The molecule has 1 fully saturated rings. The van der Waals surface area contributed by atoms with Gasteiger partial charge < -0.3 is 10.6 Å². The van der Waals surface area contributed by atoms with E-state index in [1.807, 2.05) is 20.8 Å². The fraction of sp³-hybridized carbons (Fsp3) is 0.769. The van der Waals surface area contributed by atoms with Gasteiger partial charge in [-0.05, 0) is 12.3 Å². The van der Waals surface area contributed by atoms with Crippen LogP contribution in [-0.2, 0) is 5.41 Å². The van der Waals surface area contributed by atoms with E-state index in [4.69, 9.17) is 5.73 Å². The monoisotopic (exact) mass is 265 g/mol. The van der Waals surface area contributed by atoms with Gasteiger partial charge in [0.25, 0.3) is 5.91 Å². The third-order valence-electron chi connectivity index (χ3n) is 3.65. The van der Waals surface area contributed by atoms with Crippen molar-refractivity contribution < 1.29 is 4.79 Å². The van der Waals surface area contributed by atoms with Crippen molar-refractivity contribution >= 4 is 5.91 Å². The molecule has 1 aliphatic heterocycles. The summed E-state index contributed by atoms with van der Waals surface area (Å²) in [5, 5.41) is 6.90. The Bertz CT molecular complexity index is 462. The van der Waals surface area contributed by atoms with Crippen LogP contribution in [0.5, 0.6) is 0 Å². The smallest absolute Gasteiger partial charge is 0.293 e. The molecule has 1 aromatic heterocycles. The Kier molecular flexibility index (Phi) is 3.62. The lowest BCUT2D eigenvalue weighted by Crippen LogP contribution is -2.48. The molecule has 0 aliphatic carbocycles. The Hall–Kier alpha value is -1.43. The zero-order valence-corrected chi connectivity index (χ0v) is 12.1. The quantitative estimate of drug-likeness (QED) is 0.790. The largest absolute Gasteiger partial charge is 0.335 e. The van der Waals surface area contributed by atoms with Crippen molar-refractivity contribution in [3.8, 4) is 0 Å². The molecule has 0 radical (unpaired) electrons. The van der Waals surface area contributed by atoms with E-state index in [1.165, 1.54) is 0 Å². The SMILES string of the molecule is CC1CN(C(=O)c2n[nH]c(C(C)(C)C)n2)CCC1N. The highest BCUT2D eigenvalue weighted by molar-refractivity contribution is 5.90. The van der Waals surface area contributed by atoms with Crippen LogP contribution in [0, 0.1) is 5.92 Å². The predicted molar refractivity (Wildman–Crippen MR) is 72.7 cm³/mol. The maximum atomic E-state index is 12.3. The van der Waals surface area contributed by atoms with Gasteiger partial charge in [-0.1, -0.05) is 27.7 Å². The average Bonchev–Trinajstić information content (AvgIpc) is 2.81. The summed E-state index contributed by atoms with van der Waals surface area (Å²) in [6.07, 6.45) is 0.837. The third kappa shape index (κ3) is 2.94. The summed E-state index contributed by atoms with van der Waals surface area (Å²) in [6, 6.07) is 0.182. The number of piperidine rings is 1. The highest BCUT2D eigenvalue weighted by Crippen LogP contribution is 2.19. The number of likely N-dealkylation sites (tertiary alicyclic amines) is 1. The lowest BCUT2D eigenvalue weighted by Gasteiger charge is -2.34. The number of H-pyrrole nitrogens is 1. The molecular formula is C13H23N5O. The second-order valence-corrected chi connectivity index (χ2v) is 6.44. The minimum absolute atomic E-state index is 0.106. The molecule has 3 N–H and O–H groups in total. The van der Waals surface area contributed by atoms with Crippen LogP contribution in [0.2, 0.25) is 0 Å². The lowest BCUT2D eigenvalue weighted by atomic mass is 9.95. The molecule has 0 saturated carbocycles. The molecule has 1 aromatic rings. The Labute approximate surface area is 113 Å². The molecule has 106 valence electrons. The number of nitrogens with two attached hydrogens (primary N) is 1. The number of carbonyl (C=O) groups is 1. The molecule has 0 aromatic carbocycles. The predicted octanol–water partition coefficient (Wildman–Crippen LogP) is 0.912. The van der Waals surface area contributed by atoms with Crippen molar-refractivity contribution in [2.45, 2.75) is 45.6 Å². The first-order valence-corrected chi connectivity index (χ1v) is 6.77. The van der Waals surface area contributed by atoms with Gasteiger partial charge in [0.05, 0.1) is 0 Å². The first-order chi connectivity index (χ1) is 8.79. The number of aromatic nitrogens is 3. The third-order valence-corrected chi connectivity index (χ3v) is 3.65. The number of amides is 1. The molecule has 6 nitrogen and oxygen atoms in total. The summed E-state index contributed by atoms with van der Waals surface area (Å²) in [4.78, 5) is 18.4. The number of rotatable bonds is 1. The van der Waals surface area contributed by atoms with Gasteiger partial charge in [0.2, 0.25) is 5.82 Å². The number of nitrogens with zero attached hydrogens (tertiary/aromatic N) is 3. The summed E-state index contributed by atoms with van der Waals surface area (Å²) < 4.78 is 0. The summed E-state index contributed by atoms with van der Waals surface area (Å²) in [5.74, 6) is 1.20. The molecule has 0 bridgehead atoms. The van der Waals surface area contributed by atoms with E-state index < -0.39 is 0 Å². The van der Waals surface area contributed by atoms with Gasteiger partial charge in [-0.3, -0.25) is 9.89 Å². The molecule has 19 heavy (non-hydrogen) atoms. The number of nitrogens with one attached hydrogen (secondary N) is 1. The first-order valence-electron chi connectivity index (χ1n) is 6.77. The Morgan fingerprint density at radius 1 is 1.47 bits per heavy atom. The zero-order valence-electron chi connectivity index (χ0n) is 12.1. The Balaban J connectivity index is 2.10. The van der Waals surface area contributed by atoms with Crippen molar-refractivity contribution in [3.63, 3.8) is 0 Å². The van der Waals surface area contributed by atoms with E-state index >= 15 is 0 Å². The van der Waals surface area contributed by atoms with Crippen molar-refractivity contribution in [2.24, 2.45) is 11.7 Å². The Morgan fingerprint density at radius 2 is 2.16 bits per heavy atom. The van der Waals surface area contributed by atoms with E-state index in [0.29, 0.717) is 19.0 Å². The van der Waals surface area contributed by atoms with Gasteiger partial charge in [-0.15, -0.1) is 5.10 Å². The molecule has 6 heteroatoms. The van der Waals surface area contributed by atoms with E-state index in [1.54, 1.807) is 4.90 Å². The van der Waals surface area contributed by atoms with Crippen LogP contribution < -0.4 is 5.73 Å². The minimum Gasteiger partial charge on any atom is -0.335 e. The lowest BCUT2D eigenvalue weighted by molar-refractivity contribution is 0.0652. The number of hydrogen-bond acceptors (Lipinski definition) is 4. The fourth-order valence-corrected chi connectivity index (χ4v) is 2.18. The molecule has 1 saturated heterocycles. The van der Waals surface area contributed by atoms with Gasteiger partial charge >= 0.3 is 0 Å². The molecule has 2 unspecified atom stereocenters. The number of aromatic amines is 1. The van der Waals surface area contributed by atoms with Gasteiger partial charge in [-0.25, -0.2) is 4.98 Å². The van der Waals surface area contributed by atoms with Gasteiger partial charge in [-0.2, -0.15) is 0 Å². The van der Waals surface area contributed by atoms with E-state index in [2.05, 4.69) is 22.1 Å². The topological polar surface area (TPSA) is 87.9 Å². The summed E-state index contributed by atoms with van der Waals surface area (Å²) in [7, 11) is 0. The van der Waals surface area contributed by atoms with Crippen LogP contribution in [0.1, 0.15) is 50.6 Å². The molecule has 2 heterocycles. The highest BCUT2D eigenvalue weighted by atomic mass is 16.2. The van der Waals surface area contributed by atoms with Gasteiger partial charge in [0.1, 0.15) is 5.82 Å². The van der Waals surface area contributed by atoms with Crippen LogP contribution in [0.4, 0.5) is 0 Å². The van der Waals surface area contributed by atoms with Crippen LogP contribution in [-0.4, -0.2) is 45.1 Å². The van der Waals surface area contributed by atoms with Crippen LogP contribution in [0.15, 0.2) is 0 Å². The van der Waals surface area contributed by atoms with Crippen molar-refractivity contribution in [3.05, 3.63) is 11.6 Å². The van der Waals surface area contributed by atoms with Crippen molar-refractivity contribution in [1.82, 2.24) is 20.1 Å².